The lowest BCUT2D eigenvalue weighted by atomic mass is 10.1. The zero-order valence-electron chi connectivity index (χ0n) is 9.43. The Morgan fingerprint density at radius 1 is 1.00 bits per heavy atom. The molecule has 0 spiro atoms. The van der Waals surface area contributed by atoms with Gasteiger partial charge in [0, 0.05) is 20.9 Å². The van der Waals surface area contributed by atoms with Crippen molar-refractivity contribution in [2.75, 3.05) is 0 Å². The molecule has 0 N–H and O–H groups in total. The van der Waals surface area contributed by atoms with Gasteiger partial charge in [-0.15, -0.1) is 0 Å². The molecular formula is C11H9N7. The van der Waals surface area contributed by atoms with Gasteiger partial charge in [-0.05, 0) is 34.8 Å². The lowest BCUT2D eigenvalue weighted by Crippen LogP contribution is -1.89. The van der Waals surface area contributed by atoms with Crippen LogP contribution in [0.2, 0.25) is 0 Å². The van der Waals surface area contributed by atoms with Gasteiger partial charge in [-0.2, -0.15) is 0 Å². The highest BCUT2D eigenvalue weighted by atomic mass is 15.1. The third-order valence-electron chi connectivity index (χ3n) is 2.42. The molecule has 0 aliphatic carbocycles. The summed E-state index contributed by atoms with van der Waals surface area (Å²) in [6, 6.07) is 9.37. The Morgan fingerprint density at radius 2 is 1.78 bits per heavy atom. The van der Waals surface area contributed by atoms with Gasteiger partial charge in [-0.25, -0.2) is 0 Å². The van der Waals surface area contributed by atoms with Crippen LogP contribution < -0.4 is 0 Å². The van der Waals surface area contributed by atoms with Crippen LogP contribution in [0, 0.1) is 0 Å². The van der Waals surface area contributed by atoms with E-state index in [9.17, 15) is 0 Å². The molecule has 1 aromatic heterocycles. The molecular weight excluding hydrogens is 230 g/mol. The Hall–Kier alpha value is -2.75. The molecule has 0 radical (unpaired) electrons. The maximum atomic E-state index is 8.27. The Morgan fingerprint density at radius 3 is 2.56 bits per heavy atom. The molecule has 0 atom stereocenters. The smallest absolute Gasteiger partial charge is 0.0705 e. The summed E-state index contributed by atoms with van der Waals surface area (Å²) in [7, 11) is 0. The first-order chi connectivity index (χ1) is 8.83. The zero-order valence-corrected chi connectivity index (χ0v) is 9.43. The monoisotopic (exact) mass is 239 g/mol. The van der Waals surface area contributed by atoms with Crippen molar-refractivity contribution in [3.8, 4) is 0 Å². The molecule has 2 rings (SSSR count). The van der Waals surface area contributed by atoms with E-state index in [1.54, 1.807) is 0 Å². The molecule has 1 heterocycles. The van der Waals surface area contributed by atoms with Gasteiger partial charge in [0.25, 0.3) is 0 Å². The molecule has 0 saturated heterocycles. The Bertz CT molecular complexity index is 607. The van der Waals surface area contributed by atoms with Gasteiger partial charge < -0.3 is 0 Å². The second kappa shape index (κ2) is 5.54. The summed E-state index contributed by atoms with van der Waals surface area (Å²) in [5.41, 5.74) is 19.0. The highest BCUT2D eigenvalue weighted by molar-refractivity contribution is 5.79. The summed E-state index contributed by atoms with van der Waals surface area (Å²) >= 11 is 0. The average Bonchev–Trinajstić information content (AvgIpc) is 2.42. The van der Waals surface area contributed by atoms with Crippen molar-refractivity contribution >= 4 is 10.9 Å². The van der Waals surface area contributed by atoms with Crippen molar-refractivity contribution in [3.05, 3.63) is 62.5 Å². The van der Waals surface area contributed by atoms with Crippen LogP contribution in [0.3, 0.4) is 0 Å². The van der Waals surface area contributed by atoms with E-state index in [1.807, 2.05) is 30.3 Å². The molecule has 0 unspecified atom stereocenters. The van der Waals surface area contributed by atoms with Crippen molar-refractivity contribution in [3.63, 3.8) is 0 Å². The molecule has 1 aromatic carbocycles. The van der Waals surface area contributed by atoms with Crippen LogP contribution in [0.4, 0.5) is 0 Å². The van der Waals surface area contributed by atoms with Crippen LogP contribution in [0.25, 0.3) is 31.8 Å². The molecule has 2 aromatic rings. The molecule has 0 aliphatic rings. The number of fused-ring (bicyclic) bond motifs is 1. The number of hydrogen-bond acceptors (Lipinski definition) is 3. The van der Waals surface area contributed by atoms with E-state index in [0.717, 1.165) is 22.2 Å². The fraction of sp³-hybridized carbons (Fsp3) is 0.182. The molecule has 88 valence electrons. The number of aromatic nitrogens is 1. The maximum absolute atomic E-state index is 8.27. The van der Waals surface area contributed by atoms with E-state index in [2.05, 4.69) is 25.0 Å². The summed E-state index contributed by atoms with van der Waals surface area (Å²) in [5, 5.41) is 7.94. The predicted octanol–water partition coefficient (Wildman–Crippen LogP) is 3.86. The van der Waals surface area contributed by atoms with E-state index in [4.69, 9.17) is 11.1 Å². The molecule has 0 bridgehead atoms. The minimum Gasteiger partial charge on any atom is -0.253 e. The number of hydrogen-bond donors (Lipinski definition) is 0. The number of benzene rings is 1. The minimum absolute atomic E-state index is 0.243. The quantitative estimate of drug-likeness (QED) is 0.450. The van der Waals surface area contributed by atoms with Crippen LogP contribution >= 0.6 is 0 Å². The highest BCUT2D eigenvalue weighted by Gasteiger charge is 1.99. The van der Waals surface area contributed by atoms with Crippen LogP contribution in [0.5, 0.6) is 0 Å². The molecule has 18 heavy (non-hydrogen) atoms. The fourth-order valence-electron chi connectivity index (χ4n) is 1.62. The first-order valence-corrected chi connectivity index (χ1v) is 5.24. The fourth-order valence-corrected chi connectivity index (χ4v) is 1.62. The molecule has 7 nitrogen and oxygen atoms in total. The Kier molecular flexibility index (Phi) is 3.61. The van der Waals surface area contributed by atoms with E-state index in [0.29, 0.717) is 6.54 Å². The summed E-state index contributed by atoms with van der Waals surface area (Å²) in [5.74, 6) is 0. The number of rotatable bonds is 4. The predicted molar refractivity (Wildman–Crippen MR) is 67.4 cm³/mol. The van der Waals surface area contributed by atoms with Crippen LogP contribution in [-0.4, -0.2) is 4.98 Å². The molecule has 0 saturated carbocycles. The van der Waals surface area contributed by atoms with Gasteiger partial charge >= 0.3 is 0 Å². The molecule has 0 fully saturated rings. The third kappa shape index (κ3) is 2.68. The maximum Gasteiger partial charge on any atom is 0.0705 e. The van der Waals surface area contributed by atoms with E-state index in [-0.39, 0.29) is 6.54 Å². The second-order valence-corrected chi connectivity index (χ2v) is 3.61. The largest absolute Gasteiger partial charge is 0.253 e. The highest BCUT2D eigenvalue weighted by Crippen LogP contribution is 2.16. The van der Waals surface area contributed by atoms with Crippen molar-refractivity contribution in [2.24, 2.45) is 10.2 Å². The molecule has 0 amide bonds. The van der Waals surface area contributed by atoms with Crippen LogP contribution in [-0.2, 0) is 13.1 Å². The summed E-state index contributed by atoms with van der Waals surface area (Å²) in [4.78, 5) is 9.78. The van der Waals surface area contributed by atoms with Crippen molar-refractivity contribution < 1.29 is 0 Å². The van der Waals surface area contributed by atoms with Crippen molar-refractivity contribution in [1.82, 2.24) is 4.98 Å². The summed E-state index contributed by atoms with van der Waals surface area (Å²) < 4.78 is 0. The SMILES string of the molecule is [N-]=[N+]=NCc1ccc2nc(CN=[N+]=[N-])ccc2c1. The number of pyridine rings is 1. The van der Waals surface area contributed by atoms with E-state index >= 15 is 0 Å². The Labute approximate surface area is 102 Å². The minimum atomic E-state index is 0.243. The average molecular weight is 239 g/mol. The van der Waals surface area contributed by atoms with Gasteiger partial charge in [0.05, 0.1) is 18.6 Å². The van der Waals surface area contributed by atoms with Gasteiger partial charge in [0.15, 0.2) is 0 Å². The second-order valence-electron chi connectivity index (χ2n) is 3.61. The number of nitrogens with zero attached hydrogens (tertiary/aromatic N) is 7. The van der Waals surface area contributed by atoms with Crippen molar-refractivity contribution in [1.29, 1.82) is 0 Å². The Balaban J connectivity index is 2.35. The lowest BCUT2D eigenvalue weighted by molar-refractivity contribution is 0.989. The van der Waals surface area contributed by atoms with Gasteiger partial charge in [-0.1, -0.05) is 22.4 Å². The van der Waals surface area contributed by atoms with Gasteiger partial charge in [-0.3, -0.25) is 4.98 Å². The van der Waals surface area contributed by atoms with E-state index in [1.165, 1.54) is 0 Å². The normalized spacial score (nSPS) is 9.56. The van der Waals surface area contributed by atoms with Gasteiger partial charge in [0.1, 0.15) is 0 Å². The van der Waals surface area contributed by atoms with Crippen LogP contribution in [0.1, 0.15) is 11.3 Å². The topological polar surface area (TPSA) is 110 Å². The lowest BCUT2D eigenvalue weighted by Gasteiger charge is -2.02. The van der Waals surface area contributed by atoms with E-state index < -0.39 is 0 Å². The zero-order chi connectivity index (χ0) is 12.8. The first kappa shape index (κ1) is 11.7. The summed E-state index contributed by atoms with van der Waals surface area (Å²) in [6.07, 6.45) is 0. The number of azide groups is 2. The van der Waals surface area contributed by atoms with Crippen molar-refractivity contribution in [2.45, 2.75) is 13.1 Å². The molecule has 7 heteroatoms. The summed E-state index contributed by atoms with van der Waals surface area (Å²) in [6.45, 7) is 0.569. The van der Waals surface area contributed by atoms with Gasteiger partial charge in [0.2, 0.25) is 0 Å². The van der Waals surface area contributed by atoms with Crippen LogP contribution in [0.15, 0.2) is 40.6 Å². The first-order valence-electron chi connectivity index (χ1n) is 5.24. The third-order valence-corrected chi connectivity index (χ3v) is 2.42. The standard InChI is InChI=1S/C11H9N7/c12-17-14-6-8-1-4-11-9(5-8)2-3-10(16-11)7-15-18-13/h1-5H,6-7H2. The molecule has 0 aliphatic heterocycles.